The van der Waals surface area contributed by atoms with Gasteiger partial charge in [0.1, 0.15) is 15.6 Å². The molecule has 0 radical (unpaired) electrons. The maximum Gasteiger partial charge on any atom is 0.263 e. The van der Waals surface area contributed by atoms with E-state index in [1.165, 1.54) is 11.3 Å². The summed E-state index contributed by atoms with van der Waals surface area (Å²) in [5, 5.41) is 7.08. The first-order chi connectivity index (χ1) is 9.17. The Labute approximate surface area is 117 Å². The van der Waals surface area contributed by atoms with Crippen molar-refractivity contribution in [2.45, 2.75) is 38.6 Å². The summed E-state index contributed by atoms with van der Waals surface area (Å²) in [5.74, 6) is 0.494. The molecule has 0 aromatic carbocycles. The lowest BCUT2D eigenvalue weighted by Crippen LogP contribution is -2.25. The minimum Gasteiger partial charge on any atom is -0.492 e. The number of methoxy groups -OCH3 is 1. The molecule has 1 aromatic rings. The fraction of sp³-hybridized carbons (Fsp3) is 0.615. The molecule has 19 heavy (non-hydrogen) atoms. The Hall–Kier alpha value is -1.43. The number of ether oxygens (including phenoxy) is 1. The molecular formula is C13H21N3O2S. The van der Waals surface area contributed by atoms with Gasteiger partial charge in [-0.15, -0.1) is 11.3 Å². The summed E-state index contributed by atoms with van der Waals surface area (Å²) in [6.07, 6.45) is 4.32. The van der Waals surface area contributed by atoms with Crippen molar-refractivity contribution in [1.29, 1.82) is 0 Å². The number of amides is 1. The molecule has 1 aromatic heterocycles. The number of carbonyl (C=O) groups excluding carboxylic acids is 1. The highest BCUT2D eigenvalue weighted by Gasteiger charge is 2.27. The molecule has 2 rings (SSSR count). The Morgan fingerprint density at radius 3 is 2.84 bits per heavy atom. The molecule has 0 unspecified atom stereocenters. The second-order valence-corrected chi connectivity index (χ2v) is 5.76. The van der Waals surface area contributed by atoms with E-state index in [1.54, 1.807) is 7.11 Å². The molecule has 0 spiro atoms. The van der Waals surface area contributed by atoms with Gasteiger partial charge in [-0.05, 0) is 19.3 Å². The molecule has 1 aliphatic carbocycles. The number of nitrogen functional groups attached to an aromatic ring is 1. The quantitative estimate of drug-likeness (QED) is 0.672. The van der Waals surface area contributed by atoms with Gasteiger partial charge in [0.2, 0.25) is 0 Å². The van der Waals surface area contributed by atoms with E-state index in [-0.39, 0.29) is 5.91 Å². The largest absolute Gasteiger partial charge is 0.492 e. The Balaban J connectivity index is 2.11. The van der Waals surface area contributed by atoms with E-state index in [1.807, 2.05) is 0 Å². The highest BCUT2D eigenvalue weighted by Crippen LogP contribution is 2.42. The molecule has 0 saturated heterocycles. The van der Waals surface area contributed by atoms with Crippen molar-refractivity contribution in [3.63, 3.8) is 0 Å². The number of thiophene rings is 1. The first-order valence-corrected chi connectivity index (χ1v) is 7.50. The van der Waals surface area contributed by atoms with Crippen molar-refractivity contribution in [2.24, 2.45) is 0 Å². The Morgan fingerprint density at radius 2 is 2.26 bits per heavy atom. The van der Waals surface area contributed by atoms with E-state index in [0.717, 1.165) is 37.2 Å². The van der Waals surface area contributed by atoms with Crippen molar-refractivity contribution in [3.05, 3.63) is 4.88 Å². The first kappa shape index (κ1) is 14.0. The molecule has 106 valence electrons. The average Bonchev–Trinajstić information content (AvgIpc) is 3.13. The van der Waals surface area contributed by atoms with Crippen molar-refractivity contribution < 1.29 is 9.53 Å². The molecule has 0 aliphatic heterocycles. The van der Waals surface area contributed by atoms with Crippen LogP contribution in [0.15, 0.2) is 0 Å². The molecule has 0 bridgehead atoms. The molecular weight excluding hydrogens is 262 g/mol. The van der Waals surface area contributed by atoms with Gasteiger partial charge < -0.3 is 21.1 Å². The number of hydrogen-bond acceptors (Lipinski definition) is 5. The maximum absolute atomic E-state index is 12.1. The topological polar surface area (TPSA) is 76.4 Å². The molecule has 1 amide bonds. The molecule has 1 fully saturated rings. The van der Waals surface area contributed by atoms with Crippen LogP contribution in [0, 0.1) is 0 Å². The number of carbonyl (C=O) groups is 1. The Kier molecular flexibility index (Phi) is 4.52. The Bertz CT molecular complexity index is 455. The molecule has 5 nitrogen and oxygen atoms in total. The highest BCUT2D eigenvalue weighted by molar-refractivity contribution is 7.19. The first-order valence-electron chi connectivity index (χ1n) is 6.68. The van der Waals surface area contributed by atoms with Gasteiger partial charge in [-0.3, -0.25) is 4.79 Å². The zero-order chi connectivity index (χ0) is 13.8. The van der Waals surface area contributed by atoms with E-state index in [0.29, 0.717) is 22.4 Å². The number of unbranched alkanes of at least 4 members (excludes halogenated alkanes) is 1. The van der Waals surface area contributed by atoms with Crippen LogP contribution in [0.2, 0.25) is 0 Å². The van der Waals surface area contributed by atoms with Crippen LogP contribution in [0.4, 0.5) is 10.7 Å². The van der Waals surface area contributed by atoms with Crippen molar-refractivity contribution >= 4 is 27.9 Å². The van der Waals surface area contributed by atoms with Crippen LogP contribution in [0.1, 0.15) is 42.3 Å². The predicted octanol–water partition coefficient (Wildman–Crippen LogP) is 2.44. The Morgan fingerprint density at radius 1 is 1.53 bits per heavy atom. The second-order valence-electron chi connectivity index (χ2n) is 4.74. The molecule has 1 aliphatic rings. The lowest BCUT2D eigenvalue weighted by molar-refractivity contribution is 0.0956. The molecule has 0 atom stereocenters. The van der Waals surface area contributed by atoms with Crippen LogP contribution in [0.25, 0.3) is 0 Å². The van der Waals surface area contributed by atoms with Gasteiger partial charge in [0, 0.05) is 12.6 Å². The zero-order valence-corrected chi connectivity index (χ0v) is 12.2. The smallest absolute Gasteiger partial charge is 0.263 e. The van der Waals surface area contributed by atoms with E-state index in [2.05, 4.69) is 17.6 Å². The van der Waals surface area contributed by atoms with Gasteiger partial charge in [0.05, 0.1) is 7.11 Å². The minimum absolute atomic E-state index is 0.0909. The molecule has 1 saturated carbocycles. The van der Waals surface area contributed by atoms with Gasteiger partial charge >= 0.3 is 0 Å². The number of rotatable bonds is 7. The summed E-state index contributed by atoms with van der Waals surface area (Å²) in [5.41, 5.74) is 6.44. The van der Waals surface area contributed by atoms with Crippen molar-refractivity contribution in [1.82, 2.24) is 5.32 Å². The lowest BCUT2D eigenvalue weighted by Gasteiger charge is -2.05. The lowest BCUT2D eigenvalue weighted by atomic mass is 10.3. The highest BCUT2D eigenvalue weighted by atomic mass is 32.1. The van der Waals surface area contributed by atoms with E-state index in [9.17, 15) is 4.79 Å². The number of hydrogen-bond donors (Lipinski definition) is 3. The van der Waals surface area contributed by atoms with E-state index in [4.69, 9.17) is 10.5 Å². The van der Waals surface area contributed by atoms with E-state index < -0.39 is 0 Å². The molecule has 1 heterocycles. The summed E-state index contributed by atoms with van der Waals surface area (Å²) in [4.78, 5) is 12.6. The van der Waals surface area contributed by atoms with Crippen LogP contribution in [-0.4, -0.2) is 25.6 Å². The third-order valence-corrected chi connectivity index (χ3v) is 4.18. The molecule has 6 heteroatoms. The van der Waals surface area contributed by atoms with Crippen LogP contribution in [-0.2, 0) is 0 Å². The standard InChI is InChI=1S/C13H21N3O2S/c1-3-4-7-15-13-10(18-2)9(14)11(19-13)12(17)16-8-5-6-8/h8,15H,3-7,14H2,1-2H3,(H,16,17). The van der Waals surface area contributed by atoms with Crippen LogP contribution in [0.3, 0.4) is 0 Å². The monoisotopic (exact) mass is 283 g/mol. The maximum atomic E-state index is 12.1. The van der Waals surface area contributed by atoms with Gasteiger partial charge in [0.25, 0.3) is 5.91 Å². The summed E-state index contributed by atoms with van der Waals surface area (Å²) >= 11 is 1.37. The minimum atomic E-state index is -0.0909. The van der Waals surface area contributed by atoms with Gasteiger partial charge in [-0.2, -0.15) is 0 Å². The number of anilines is 2. The summed E-state index contributed by atoms with van der Waals surface area (Å²) in [6, 6.07) is 0.330. The summed E-state index contributed by atoms with van der Waals surface area (Å²) < 4.78 is 5.30. The summed E-state index contributed by atoms with van der Waals surface area (Å²) in [7, 11) is 1.58. The van der Waals surface area contributed by atoms with Crippen LogP contribution >= 0.6 is 11.3 Å². The predicted molar refractivity (Wildman–Crippen MR) is 79.2 cm³/mol. The van der Waals surface area contributed by atoms with Crippen molar-refractivity contribution in [3.8, 4) is 5.75 Å². The van der Waals surface area contributed by atoms with Gasteiger partial charge in [-0.25, -0.2) is 0 Å². The average molecular weight is 283 g/mol. The fourth-order valence-corrected chi connectivity index (χ4v) is 2.79. The van der Waals surface area contributed by atoms with Gasteiger partial charge in [-0.1, -0.05) is 13.3 Å². The fourth-order valence-electron chi connectivity index (χ4n) is 1.77. The molecule has 4 N–H and O–H groups in total. The van der Waals surface area contributed by atoms with E-state index >= 15 is 0 Å². The SMILES string of the molecule is CCCCNc1sc(C(=O)NC2CC2)c(N)c1OC. The number of nitrogens with two attached hydrogens (primary N) is 1. The van der Waals surface area contributed by atoms with Gasteiger partial charge in [0.15, 0.2) is 5.75 Å². The normalized spacial score (nSPS) is 14.2. The van der Waals surface area contributed by atoms with Crippen molar-refractivity contribution in [2.75, 3.05) is 24.7 Å². The second kappa shape index (κ2) is 6.14. The van der Waals surface area contributed by atoms with Crippen LogP contribution in [0.5, 0.6) is 5.75 Å². The number of nitrogens with one attached hydrogen (secondary N) is 2. The third kappa shape index (κ3) is 3.32. The zero-order valence-electron chi connectivity index (χ0n) is 11.4. The third-order valence-electron chi connectivity index (χ3n) is 3.04. The van der Waals surface area contributed by atoms with Crippen LogP contribution < -0.4 is 21.1 Å². The summed E-state index contributed by atoms with van der Waals surface area (Å²) in [6.45, 7) is 2.99.